The van der Waals surface area contributed by atoms with E-state index in [1.54, 1.807) is 6.07 Å². The fourth-order valence-electron chi connectivity index (χ4n) is 2.55. The molecule has 0 aliphatic heterocycles. The Morgan fingerprint density at radius 3 is 2.54 bits per heavy atom. The van der Waals surface area contributed by atoms with E-state index in [0.29, 0.717) is 30.5 Å². The van der Waals surface area contributed by atoms with E-state index in [9.17, 15) is 18.0 Å². The average Bonchev–Trinajstić information content (AvgIpc) is 3.07. The molecule has 154 valence electrons. The summed E-state index contributed by atoms with van der Waals surface area (Å²) in [5.74, 6) is 0.354. The molecule has 5 nitrogen and oxygen atoms in total. The Kier molecular flexibility index (Phi) is 7.23. The second-order valence-electron chi connectivity index (χ2n) is 7.43. The van der Waals surface area contributed by atoms with Crippen LogP contribution in [0.25, 0.3) is 0 Å². The van der Waals surface area contributed by atoms with Crippen molar-refractivity contribution in [2.75, 3.05) is 6.54 Å². The Balaban J connectivity index is 2.07. The number of benzene rings is 1. The third-order valence-corrected chi connectivity index (χ3v) is 4.16. The van der Waals surface area contributed by atoms with Gasteiger partial charge >= 0.3 is 6.18 Å². The number of halogens is 3. The molecular formula is C20H26F3N3O2. The lowest BCUT2D eigenvalue weighted by Crippen LogP contribution is -2.30. The van der Waals surface area contributed by atoms with Gasteiger partial charge in [0.25, 0.3) is 5.91 Å². The fraction of sp³-hybridized carbons (Fsp3) is 0.500. The largest absolute Gasteiger partial charge is 0.447 e. The van der Waals surface area contributed by atoms with Gasteiger partial charge in [-0.1, -0.05) is 32.0 Å². The predicted octanol–water partition coefficient (Wildman–Crippen LogP) is 4.49. The number of nitrogens with one attached hydrogen (secondary N) is 1. The highest BCUT2D eigenvalue weighted by Crippen LogP contribution is 2.30. The number of nitrogens with zero attached hydrogens (tertiary/aromatic N) is 2. The van der Waals surface area contributed by atoms with E-state index in [4.69, 9.17) is 4.42 Å². The van der Waals surface area contributed by atoms with Crippen molar-refractivity contribution in [2.45, 2.75) is 53.0 Å². The average molecular weight is 397 g/mol. The first-order valence-electron chi connectivity index (χ1n) is 9.19. The Bertz CT molecular complexity index is 785. The van der Waals surface area contributed by atoms with E-state index in [2.05, 4.69) is 10.3 Å². The first-order valence-corrected chi connectivity index (χ1v) is 9.19. The SMILES string of the molecule is CC(C)CNC(=O)c1coc(CN(Cc2cccc(C(F)(F)F)c2)C(C)C)n1. The van der Waals surface area contributed by atoms with Gasteiger partial charge in [0, 0.05) is 19.1 Å². The first kappa shape index (κ1) is 21.9. The van der Waals surface area contributed by atoms with Gasteiger partial charge in [-0.15, -0.1) is 0 Å². The maximum atomic E-state index is 12.9. The van der Waals surface area contributed by atoms with Crippen molar-refractivity contribution in [1.29, 1.82) is 0 Å². The van der Waals surface area contributed by atoms with Crippen LogP contribution in [0, 0.1) is 5.92 Å². The molecule has 2 rings (SSSR count). The van der Waals surface area contributed by atoms with E-state index >= 15 is 0 Å². The van der Waals surface area contributed by atoms with Crippen LogP contribution < -0.4 is 5.32 Å². The topological polar surface area (TPSA) is 58.4 Å². The van der Waals surface area contributed by atoms with Crippen molar-refractivity contribution in [3.05, 3.63) is 53.2 Å². The molecule has 28 heavy (non-hydrogen) atoms. The van der Waals surface area contributed by atoms with Gasteiger partial charge in [0.05, 0.1) is 12.1 Å². The van der Waals surface area contributed by atoms with Crippen molar-refractivity contribution in [1.82, 2.24) is 15.2 Å². The lowest BCUT2D eigenvalue weighted by molar-refractivity contribution is -0.137. The van der Waals surface area contributed by atoms with Gasteiger partial charge in [-0.2, -0.15) is 13.2 Å². The fourth-order valence-corrected chi connectivity index (χ4v) is 2.55. The molecule has 2 aromatic rings. The van der Waals surface area contributed by atoms with Crippen LogP contribution in [0.5, 0.6) is 0 Å². The molecule has 0 saturated heterocycles. The van der Waals surface area contributed by atoms with E-state index in [-0.39, 0.29) is 24.2 Å². The Labute approximate surface area is 162 Å². The Morgan fingerprint density at radius 1 is 1.21 bits per heavy atom. The van der Waals surface area contributed by atoms with E-state index in [1.165, 1.54) is 12.3 Å². The van der Waals surface area contributed by atoms with Gasteiger partial charge in [-0.25, -0.2) is 4.98 Å². The zero-order chi connectivity index (χ0) is 20.9. The van der Waals surface area contributed by atoms with Gasteiger partial charge in [-0.3, -0.25) is 9.69 Å². The highest BCUT2D eigenvalue weighted by atomic mass is 19.4. The molecule has 8 heteroatoms. The maximum absolute atomic E-state index is 12.9. The quantitative estimate of drug-likeness (QED) is 0.713. The summed E-state index contributed by atoms with van der Waals surface area (Å²) in [6.45, 7) is 8.98. The molecule has 0 bridgehead atoms. The van der Waals surface area contributed by atoms with Crippen molar-refractivity contribution < 1.29 is 22.4 Å². The second-order valence-corrected chi connectivity index (χ2v) is 7.43. The normalized spacial score (nSPS) is 12.2. The van der Waals surface area contributed by atoms with Crippen LogP contribution in [0.15, 0.2) is 34.9 Å². The minimum absolute atomic E-state index is 0.0414. The van der Waals surface area contributed by atoms with Crippen LogP contribution in [0.4, 0.5) is 13.2 Å². The summed E-state index contributed by atoms with van der Waals surface area (Å²) >= 11 is 0. The van der Waals surface area contributed by atoms with E-state index in [0.717, 1.165) is 12.1 Å². The molecular weight excluding hydrogens is 371 g/mol. The highest BCUT2D eigenvalue weighted by molar-refractivity contribution is 5.91. The molecule has 0 aliphatic rings. The molecule has 0 saturated carbocycles. The van der Waals surface area contributed by atoms with Crippen LogP contribution in [-0.4, -0.2) is 28.4 Å². The summed E-state index contributed by atoms with van der Waals surface area (Å²) < 4.78 is 44.2. The van der Waals surface area contributed by atoms with Gasteiger partial charge in [-0.05, 0) is 31.4 Å². The number of alkyl halides is 3. The minimum atomic E-state index is -4.38. The molecule has 0 aliphatic carbocycles. The molecule has 0 fully saturated rings. The van der Waals surface area contributed by atoms with Crippen LogP contribution in [0.2, 0.25) is 0 Å². The number of aromatic nitrogens is 1. The number of amides is 1. The standard InChI is InChI=1S/C20H26F3N3O2/c1-13(2)9-24-19(27)17-12-28-18(25-17)11-26(14(3)4)10-15-6-5-7-16(8-15)20(21,22)23/h5-8,12-14H,9-11H2,1-4H3,(H,24,27). The lowest BCUT2D eigenvalue weighted by Gasteiger charge is -2.25. The van der Waals surface area contributed by atoms with Crippen LogP contribution in [0.1, 0.15) is 55.2 Å². The summed E-state index contributed by atoms with van der Waals surface area (Å²) in [5.41, 5.74) is 0.0670. The van der Waals surface area contributed by atoms with E-state index < -0.39 is 11.7 Å². The van der Waals surface area contributed by atoms with Crippen molar-refractivity contribution in [3.8, 4) is 0 Å². The molecule has 1 amide bonds. The monoisotopic (exact) mass is 397 g/mol. The highest BCUT2D eigenvalue weighted by Gasteiger charge is 2.30. The Morgan fingerprint density at radius 2 is 1.93 bits per heavy atom. The number of hydrogen-bond acceptors (Lipinski definition) is 4. The minimum Gasteiger partial charge on any atom is -0.447 e. The third kappa shape index (κ3) is 6.37. The lowest BCUT2D eigenvalue weighted by atomic mass is 10.1. The molecule has 0 radical (unpaired) electrons. The summed E-state index contributed by atoms with van der Waals surface area (Å²) in [6.07, 6.45) is -3.08. The van der Waals surface area contributed by atoms with Crippen molar-refractivity contribution in [2.24, 2.45) is 5.92 Å². The van der Waals surface area contributed by atoms with Gasteiger partial charge in [0.15, 0.2) is 5.69 Å². The van der Waals surface area contributed by atoms with Crippen LogP contribution in [-0.2, 0) is 19.3 Å². The van der Waals surface area contributed by atoms with Crippen molar-refractivity contribution in [3.63, 3.8) is 0 Å². The molecule has 0 unspecified atom stereocenters. The smallest absolute Gasteiger partial charge is 0.416 e. The Hall–Kier alpha value is -2.35. The van der Waals surface area contributed by atoms with Gasteiger partial charge in [0.1, 0.15) is 6.26 Å². The summed E-state index contributed by atoms with van der Waals surface area (Å²) in [4.78, 5) is 18.2. The van der Waals surface area contributed by atoms with Crippen LogP contribution in [0.3, 0.4) is 0 Å². The zero-order valence-electron chi connectivity index (χ0n) is 16.5. The van der Waals surface area contributed by atoms with E-state index in [1.807, 2.05) is 32.6 Å². The molecule has 1 N–H and O–H groups in total. The van der Waals surface area contributed by atoms with Crippen molar-refractivity contribution >= 4 is 5.91 Å². The number of carbonyl (C=O) groups excluding carboxylic acids is 1. The number of oxazole rings is 1. The molecule has 1 aromatic heterocycles. The maximum Gasteiger partial charge on any atom is 0.416 e. The number of carbonyl (C=O) groups is 1. The molecule has 0 atom stereocenters. The van der Waals surface area contributed by atoms with Gasteiger partial charge in [0.2, 0.25) is 5.89 Å². The zero-order valence-corrected chi connectivity index (χ0v) is 16.5. The molecule has 1 aromatic carbocycles. The number of hydrogen-bond donors (Lipinski definition) is 1. The first-order chi connectivity index (χ1) is 13.1. The molecule has 1 heterocycles. The van der Waals surface area contributed by atoms with Gasteiger partial charge < -0.3 is 9.73 Å². The summed E-state index contributed by atoms with van der Waals surface area (Å²) in [7, 11) is 0. The summed E-state index contributed by atoms with van der Waals surface area (Å²) in [6, 6.07) is 5.30. The second kappa shape index (κ2) is 9.23. The molecule has 0 spiro atoms. The third-order valence-electron chi connectivity index (χ3n) is 4.16. The predicted molar refractivity (Wildman–Crippen MR) is 99.5 cm³/mol. The van der Waals surface area contributed by atoms with Crippen LogP contribution >= 0.6 is 0 Å². The number of rotatable bonds is 8. The summed E-state index contributed by atoms with van der Waals surface area (Å²) in [5, 5.41) is 2.77.